The molecule has 0 heterocycles. The Hall–Kier alpha value is -2.07. The van der Waals surface area contributed by atoms with E-state index in [0.29, 0.717) is 13.0 Å². The Kier molecular flexibility index (Phi) is 4.81. The second kappa shape index (κ2) is 6.59. The Morgan fingerprint density at radius 3 is 2.62 bits per heavy atom. The summed E-state index contributed by atoms with van der Waals surface area (Å²) in [6, 6.07) is 14.0. The quantitative estimate of drug-likeness (QED) is 0.830. The third-order valence-electron chi connectivity index (χ3n) is 3.80. The van der Waals surface area contributed by atoms with Crippen molar-refractivity contribution in [3.63, 3.8) is 0 Å². The highest BCUT2D eigenvalue weighted by Crippen LogP contribution is 2.25. The van der Waals surface area contributed by atoms with Crippen LogP contribution in [-0.2, 0) is 9.53 Å². The van der Waals surface area contributed by atoms with Crippen molar-refractivity contribution >= 4 is 16.7 Å². The second-order valence-corrected chi connectivity index (χ2v) is 5.15. The highest BCUT2D eigenvalue weighted by Gasteiger charge is 2.32. The zero-order chi connectivity index (χ0) is 15.3. The van der Waals surface area contributed by atoms with E-state index in [0.717, 1.165) is 16.5 Å². The molecule has 2 aromatic carbocycles. The van der Waals surface area contributed by atoms with Crippen LogP contribution in [-0.4, -0.2) is 32.3 Å². The Labute approximate surface area is 125 Å². The van der Waals surface area contributed by atoms with Crippen molar-refractivity contribution in [3.05, 3.63) is 42.5 Å². The maximum Gasteiger partial charge on any atom is 0.325 e. The van der Waals surface area contributed by atoms with Gasteiger partial charge in [-0.15, -0.1) is 0 Å². The minimum Gasteiger partial charge on any atom is -0.493 e. The number of carbonyl (C=O) groups excluding carboxylic acids is 1. The molecule has 0 aliphatic carbocycles. The largest absolute Gasteiger partial charge is 0.493 e. The lowest BCUT2D eigenvalue weighted by molar-refractivity contribution is -0.148. The van der Waals surface area contributed by atoms with E-state index in [1.165, 1.54) is 7.11 Å². The summed E-state index contributed by atoms with van der Waals surface area (Å²) >= 11 is 0. The van der Waals surface area contributed by atoms with Crippen LogP contribution < -0.4 is 10.1 Å². The van der Waals surface area contributed by atoms with E-state index >= 15 is 0 Å². The molecular formula is C17H21NO3. The van der Waals surface area contributed by atoms with Crippen LogP contribution in [0.2, 0.25) is 0 Å². The molecule has 2 rings (SSSR count). The molecule has 1 unspecified atom stereocenters. The number of fused-ring (bicyclic) bond motifs is 1. The maximum absolute atomic E-state index is 11.8. The van der Waals surface area contributed by atoms with Gasteiger partial charge >= 0.3 is 5.97 Å². The van der Waals surface area contributed by atoms with E-state index in [4.69, 9.17) is 9.47 Å². The predicted molar refractivity (Wildman–Crippen MR) is 83.5 cm³/mol. The zero-order valence-corrected chi connectivity index (χ0v) is 12.7. The molecule has 0 spiro atoms. The maximum atomic E-state index is 11.8. The molecule has 0 saturated carbocycles. The first-order chi connectivity index (χ1) is 10.1. The second-order valence-electron chi connectivity index (χ2n) is 5.15. The van der Waals surface area contributed by atoms with Crippen LogP contribution in [0.1, 0.15) is 13.3 Å². The number of hydrogen-bond donors (Lipinski definition) is 1. The molecule has 0 aliphatic heterocycles. The molecule has 1 N–H and O–H groups in total. The van der Waals surface area contributed by atoms with Gasteiger partial charge in [-0.1, -0.05) is 36.4 Å². The van der Waals surface area contributed by atoms with Crippen molar-refractivity contribution in [2.45, 2.75) is 18.9 Å². The van der Waals surface area contributed by atoms with Gasteiger partial charge in [-0.3, -0.25) is 4.79 Å². The van der Waals surface area contributed by atoms with Gasteiger partial charge in [-0.2, -0.15) is 0 Å². The minimum atomic E-state index is -0.737. The monoisotopic (exact) mass is 287 g/mol. The van der Waals surface area contributed by atoms with Crippen LogP contribution in [0.15, 0.2) is 42.5 Å². The smallest absolute Gasteiger partial charge is 0.325 e. The number of esters is 1. The minimum absolute atomic E-state index is 0.286. The van der Waals surface area contributed by atoms with Gasteiger partial charge in [0.25, 0.3) is 0 Å². The van der Waals surface area contributed by atoms with Gasteiger partial charge in [-0.05, 0) is 25.4 Å². The lowest BCUT2D eigenvalue weighted by Gasteiger charge is -2.26. The fraction of sp³-hybridized carbons (Fsp3) is 0.353. The first kappa shape index (κ1) is 15.3. The summed E-state index contributed by atoms with van der Waals surface area (Å²) in [5.41, 5.74) is -0.737. The van der Waals surface area contributed by atoms with E-state index < -0.39 is 5.54 Å². The molecule has 0 amide bonds. The normalized spacial score (nSPS) is 13.7. The summed E-state index contributed by atoms with van der Waals surface area (Å²) in [5.74, 6) is 0.544. The first-order valence-corrected chi connectivity index (χ1v) is 6.98. The lowest BCUT2D eigenvalue weighted by Crippen LogP contribution is -2.49. The van der Waals surface area contributed by atoms with E-state index in [-0.39, 0.29) is 5.97 Å². The third-order valence-corrected chi connectivity index (χ3v) is 3.80. The lowest BCUT2D eigenvalue weighted by atomic mass is 9.99. The summed E-state index contributed by atoms with van der Waals surface area (Å²) in [6.45, 7) is 2.24. The van der Waals surface area contributed by atoms with Crippen LogP contribution in [0.4, 0.5) is 0 Å². The summed E-state index contributed by atoms with van der Waals surface area (Å²) in [4.78, 5) is 11.8. The number of benzene rings is 2. The van der Waals surface area contributed by atoms with Crippen LogP contribution in [0.5, 0.6) is 5.75 Å². The Bertz CT molecular complexity index is 621. The van der Waals surface area contributed by atoms with Crippen molar-refractivity contribution in [2.24, 2.45) is 0 Å². The van der Waals surface area contributed by atoms with Crippen molar-refractivity contribution in [1.82, 2.24) is 5.32 Å². The van der Waals surface area contributed by atoms with Crippen molar-refractivity contribution in [1.29, 1.82) is 0 Å². The zero-order valence-electron chi connectivity index (χ0n) is 12.7. The van der Waals surface area contributed by atoms with Gasteiger partial charge in [0.2, 0.25) is 0 Å². The number of hydrogen-bond acceptors (Lipinski definition) is 4. The average molecular weight is 287 g/mol. The standard InChI is InChI=1S/C17H21NO3/c1-17(18-2,16(19)20-3)11-12-21-15-10-6-8-13-7-4-5-9-14(13)15/h4-10,18H,11-12H2,1-3H3. The highest BCUT2D eigenvalue weighted by atomic mass is 16.5. The Morgan fingerprint density at radius 1 is 1.19 bits per heavy atom. The number of ether oxygens (including phenoxy) is 2. The molecule has 0 bridgehead atoms. The van der Waals surface area contributed by atoms with Crippen LogP contribution in [0.25, 0.3) is 10.8 Å². The summed E-state index contributed by atoms with van der Waals surface area (Å²) in [5, 5.41) is 5.21. The molecule has 1 atom stereocenters. The molecule has 21 heavy (non-hydrogen) atoms. The predicted octanol–water partition coefficient (Wildman–Crippen LogP) is 2.76. The molecule has 0 aromatic heterocycles. The molecule has 4 heteroatoms. The molecule has 2 aromatic rings. The highest BCUT2D eigenvalue weighted by molar-refractivity contribution is 5.88. The van der Waals surface area contributed by atoms with E-state index in [9.17, 15) is 4.79 Å². The molecule has 0 radical (unpaired) electrons. The Balaban J connectivity index is 2.07. The molecule has 0 fully saturated rings. The van der Waals surface area contributed by atoms with Crippen molar-refractivity contribution < 1.29 is 14.3 Å². The van der Waals surface area contributed by atoms with Gasteiger partial charge in [-0.25, -0.2) is 0 Å². The molecule has 112 valence electrons. The third kappa shape index (κ3) is 3.34. The first-order valence-electron chi connectivity index (χ1n) is 6.98. The topological polar surface area (TPSA) is 47.6 Å². The van der Waals surface area contributed by atoms with Gasteiger partial charge in [0.1, 0.15) is 11.3 Å². The number of rotatable bonds is 6. The van der Waals surface area contributed by atoms with E-state index in [1.807, 2.05) is 49.4 Å². The fourth-order valence-electron chi connectivity index (χ4n) is 2.24. The van der Waals surface area contributed by atoms with Crippen LogP contribution in [0.3, 0.4) is 0 Å². The van der Waals surface area contributed by atoms with Gasteiger partial charge in [0.05, 0.1) is 13.7 Å². The van der Waals surface area contributed by atoms with Crippen molar-refractivity contribution in [2.75, 3.05) is 20.8 Å². The molecule has 4 nitrogen and oxygen atoms in total. The number of carbonyl (C=O) groups is 1. The molecule has 0 aliphatic rings. The van der Waals surface area contributed by atoms with Gasteiger partial charge in [0, 0.05) is 11.8 Å². The van der Waals surface area contributed by atoms with Crippen LogP contribution in [0, 0.1) is 0 Å². The molecule has 0 saturated heterocycles. The fourth-order valence-corrected chi connectivity index (χ4v) is 2.24. The van der Waals surface area contributed by atoms with E-state index in [1.54, 1.807) is 7.05 Å². The number of likely N-dealkylation sites (N-methyl/N-ethyl adjacent to an activating group) is 1. The summed E-state index contributed by atoms with van der Waals surface area (Å²) < 4.78 is 10.7. The van der Waals surface area contributed by atoms with Gasteiger partial charge in [0.15, 0.2) is 0 Å². The van der Waals surface area contributed by atoms with Gasteiger partial charge < -0.3 is 14.8 Å². The SMILES string of the molecule is CNC(C)(CCOc1cccc2ccccc12)C(=O)OC. The summed E-state index contributed by atoms with van der Waals surface area (Å²) in [6.07, 6.45) is 0.527. The average Bonchev–Trinajstić information content (AvgIpc) is 2.54. The van der Waals surface area contributed by atoms with Crippen LogP contribution >= 0.6 is 0 Å². The molecular weight excluding hydrogens is 266 g/mol. The number of nitrogens with one attached hydrogen (secondary N) is 1. The summed E-state index contributed by atoms with van der Waals surface area (Å²) in [7, 11) is 3.14. The Morgan fingerprint density at radius 2 is 1.90 bits per heavy atom. The number of methoxy groups -OCH3 is 1. The van der Waals surface area contributed by atoms with Crippen molar-refractivity contribution in [3.8, 4) is 5.75 Å². The van der Waals surface area contributed by atoms with E-state index in [2.05, 4.69) is 5.32 Å².